The number of carbonyl (C=O) groups excluding carboxylic acids is 1. The van der Waals surface area contributed by atoms with Gasteiger partial charge in [0.1, 0.15) is 0 Å². The van der Waals surface area contributed by atoms with Gasteiger partial charge in [-0.3, -0.25) is 0 Å². The van der Waals surface area contributed by atoms with Crippen LogP contribution < -0.4 is 5.11 Å². The zero-order valence-corrected chi connectivity index (χ0v) is 7.91. The third-order valence-electron chi connectivity index (χ3n) is 1.39. The molecule has 0 aliphatic carbocycles. The highest BCUT2D eigenvalue weighted by atomic mass is 35.5. The first kappa shape index (κ1) is 9.42. The van der Waals surface area contributed by atoms with Crippen molar-refractivity contribution in [2.24, 2.45) is 0 Å². The van der Waals surface area contributed by atoms with Gasteiger partial charge in [0.25, 0.3) is 0 Å². The van der Waals surface area contributed by atoms with Crippen molar-refractivity contribution in [1.82, 2.24) is 0 Å². The van der Waals surface area contributed by atoms with E-state index in [4.69, 9.17) is 11.6 Å². The number of halogens is 1. The standard InChI is InChI=1S/C8H7ClO2S/c1-12-5-2-3-7(9)6(4-5)8(10)11/h2-4H,1H3,(H,10,11)/p-1. The van der Waals surface area contributed by atoms with Crippen LogP contribution in [0.1, 0.15) is 10.4 Å². The Hall–Kier alpha value is -0.670. The fourth-order valence-electron chi connectivity index (χ4n) is 0.788. The minimum absolute atomic E-state index is 0.0449. The maximum absolute atomic E-state index is 10.5. The lowest BCUT2D eigenvalue weighted by Gasteiger charge is -2.06. The highest BCUT2D eigenvalue weighted by Crippen LogP contribution is 2.22. The van der Waals surface area contributed by atoms with E-state index in [1.807, 2.05) is 6.26 Å². The smallest absolute Gasteiger partial charge is 0.0730 e. The molecule has 0 saturated carbocycles. The first-order valence-corrected chi connectivity index (χ1v) is 4.80. The number of benzene rings is 1. The second-order valence-electron chi connectivity index (χ2n) is 2.13. The molecule has 0 fully saturated rings. The summed E-state index contributed by atoms with van der Waals surface area (Å²) < 4.78 is 0. The zero-order valence-electron chi connectivity index (χ0n) is 6.33. The minimum Gasteiger partial charge on any atom is -0.545 e. The Morgan fingerprint density at radius 3 is 2.75 bits per heavy atom. The summed E-state index contributed by atoms with van der Waals surface area (Å²) >= 11 is 7.08. The monoisotopic (exact) mass is 201 g/mol. The highest BCUT2D eigenvalue weighted by molar-refractivity contribution is 7.98. The fraction of sp³-hybridized carbons (Fsp3) is 0.125. The number of hydrogen-bond acceptors (Lipinski definition) is 3. The second kappa shape index (κ2) is 3.83. The largest absolute Gasteiger partial charge is 0.545 e. The van der Waals surface area contributed by atoms with E-state index in [9.17, 15) is 9.90 Å². The highest BCUT2D eigenvalue weighted by Gasteiger charge is 2.01. The van der Waals surface area contributed by atoms with Gasteiger partial charge >= 0.3 is 0 Å². The molecule has 0 unspecified atom stereocenters. The van der Waals surface area contributed by atoms with Gasteiger partial charge in [-0.05, 0) is 24.5 Å². The number of rotatable bonds is 2. The molecule has 1 rings (SSSR count). The molecule has 0 saturated heterocycles. The SMILES string of the molecule is CSc1ccc(Cl)c(C(=O)[O-])c1. The van der Waals surface area contributed by atoms with Gasteiger partial charge in [-0.2, -0.15) is 0 Å². The molecule has 0 aromatic heterocycles. The summed E-state index contributed by atoms with van der Waals surface area (Å²) in [6, 6.07) is 4.82. The Bertz CT molecular complexity index is 312. The van der Waals surface area contributed by atoms with E-state index < -0.39 is 5.97 Å². The molecule has 0 heterocycles. The van der Waals surface area contributed by atoms with Crippen molar-refractivity contribution >= 4 is 29.3 Å². The summed E-state index contributed by atoms with van der Waals surface area (Å²) in [7, 11) is 0. The summed E-state index contributed by atoms with van der Waals surface area (Å²) in [5.74, 6) is -1.24. The van der Waals surface area contributed by atoms with Crippen LogP contribution in [-0.4, -0.2) is 12.2 Å². The van der Waals surface area contributed by atoms with Gasteiger partial charge in [-0.25, -0.2) is 0 Å². The van der Waals surface area contributed by atoms with Crippen molar-refractivity contribution in [2.75, 3.05) is 6.26 Å². The van der Waals surface area contributed by atoms with Crippen LogP contribution in [0.25, 0.3) is 0 Å². The molecular formula is C8H6ClO2S-. The molecule has 0 aliphatic heterocycles. The van der Waals surface area contributed by atoms with Crippen molar-refractivity contribution in [3.05, 3.63) is 28.8 Å². The lowest BCUT2D eigenvalue weighted by atomic mass is 10.2. The zero-order chi connectivity index (χ0) is 9.14. The van der Waals surface area contributed by atoms with Crippen molar-refractivity contribution in [3.63, 3.8) is 0 Å². The molecule has 2 nitrogen and oxygen atoms in total. The second-order valence-corrected chi connectivity index (χ2v) is 3.42. The summed E-state index contributed by atoms with van der Waals surface area (Å²) in [5.41, 5.74) is 0.0449. The van der Waals surface area contributed by atoms with E-state index in [1.165, 1.54) is 17.8 Å². The maximum atomic E-state index is 10.5. The molecule has 1 aromatic rings. The van der Waals surface area contributed by atoms with Crippen molar-refractivity contribution in [3.8, 4) is 0 Å². The first-order valence-electron chi connectivity index (χ1n) is 3.20. The van der Waals surface area contributed by atoms with E-state index >= 15 is 0 Å². The summed E-state index contributed by atoms with van der Waals surface area (Å²) in [5, 5.41) is 10.7. The lowest BCUT2D eigenvalue weighted by Crippen LogP contribution is -2.22. The van der Waals surface area contributed by atoms with Crippen LogP contribution in [0.3, 0.4) is 0 Å². The fourth-order valence-corrected chi connectivity index (χ4v) is 1.42. The number of carboxylic acids is 1. The average Bonchev–Trinajstić information content (AvgIpc) is 2.05. The molecule has 12 heavy (non-hydrogen) atoms. The Morgan fingerprint density at radius 1 is 1.58 bits per heavy atom. The van der Waals surface area contributed by atoms with E-state index in [-0.39, 0.29) is 10.6 Å². The number of carboxylic acid groups (broad SMARTS) is 1. The van der Waals surface area contributed by atoms with Crippen LogP contribution in [0, 0.1) is 0 Å². The van der Waals surface area contributed by atoms with E-state index in [0.717, 1.165) is 4.90 Å². The van der Waals surface area contributed by atoms with Crippen LogP contribution in [0.4, 0.5) is 0 Å². The molecule has 0 bridgehead atoms. The maximum Gasteiger partial charge on any atom is 0.0730 e. The molecule has 64 valence electrons. The third-order valence-corrected chi connectivity index (χ3v) is 2.45. The Labute approximate surface area is 79.5 Å². The molecule has 1 aromatic carbocycles. The number of aromatic carboxylic acids is 1. The van der Waals surface area contributed by atoms with Gasteiger partial charge in [0.2, 0.25) is 0 Å². The topological polar surface area (TPSA) is 40.1 Å². The predicted octanol–water partition coefficient (Wildman–Crippen LogP) is 1.43. The number of hydrogen-bond donors (Lipinski definition) is 0. The van der Waals surface area contributed by atoms with Gasteiger partial charge < -0.3 is 9.90 Å². The van der Waals surface area contributed by atoms with Crippen LogP contribution in [0.5, 0.6) is 0 Å². The predicted molar refractivity (Wildman–Crippen MR) is 47.6 cm³/mol. The van der Waals surface area contributed by atoms with E-state index in [1.54, 1.807) is 12.1 Å². The normalized spacial score (nSPS) is 9.83. The molecule has 0 amide bonds. The molecule has 0 N–H and O–H groups in total. The summed E-state index contributed by atoms with van der Waals surface area (Å²) in [4.78, 5) is 11.3. The molecular weight excluding hydrogens is 196 g/mol. The van der Waals surface area contributed by atoms with Gasteiger partial charge in [-0.15, -0.1) is 11.8 Å². The van der Waals surface area contributed by atoms with Crippen LogP contribution in [0.2, 0.25) is 5.02 Å². The third kappa shape index (κ3) is 1.93. The Balaban J connectivity index is 3.17. The number of thioether (sulfide) groups is 1. The summed E-state index contributed by atoms with van der Waals surface area (Å²) in [6.45, 7) is 0. The van der Waals surface area contributed by atoms with Crippen LogP contribution in [-0.2, 0) is 0 Å². The van der Waals surface area contributed by atoms with Crippen LogP contribution in [0.15, 0.2) is 23.1 Å². The molecule has 0 spiro atoms. The molecule has 4 heteroatoms. The molecule has 0 aliphatic rings. The molecule has 0 radical (unpaired) electrons. The van der Waals surface area contributed by atoms with E-state index in [2.05, 4.69) is 0 Å². The van der Waals surface area contributed by atoms with E-state index in [0.29, 0.717) is 0 Å². The quantitative estimate of drug-likeness (QED) is 0.680. The minimum atomic E-state index is -1.24. The van der Waals surface area contributed by atoms with Crippen molar-refractivity contribution in [1.29, 1.82) is 0 Å². The summed E-state index contributed by atoms with van der Waals surface area (Å²) in [6.07, 6.45) is 1.86. The van der Waals surface area contributed by atoms with Gasteiger partial charge in [-0.1, -0.05) is 11.6 Å². The van der Waals surface area contributed by atoms with Crippen molar-refractivity contribution in [2.45, 2.75) is 4.90 Å². The van der Waals surface area contributed by atoms with Crippen LogP contribution >= 0.6 is 23.4 Å². The van der Waals surface area contributed by atoms with Gasteiger partial charge in [0.15, 0.2) is 0 Å². The number of carbonyl (C=O) groups is 1. The van der Waals surface area contributed by atoms with Crippen molar-refractivity contribution < 1.29 is 9.90 Å². The Kier molecular flexibility index (Phi) is 3.00. The Morgan fingerprint density at radius 2 is 2.25 bits per heavy atom. The van der Waals surface area contributed by atoms with Gasteiger partial charge in [0.05, 0.1) is 5.97 Å². The molecule has 0 atom stereocenters. The average molecular weight is 202 g/mol. The first-order chi connectivity index (χ1) is 5.65. The van der Waals surface area contributed by atoms with Gasteiger partial charge in [0, 0.05) is 15.5 Å². The lowest BCUT2D eigenvalue weighted by molar-refractivity contribution is -0.255.